The number of imidazole rings is 1. The molecule has 3 unspecified atom stereocenters. The van der Waals surface area contributed by atoms with Crippen molar-refractivity contribution in [1.82, 2.24) is 19.5 Å². The summed E-state index contributed by atoms with van der Waals surface area (Å²) in [5.74, 6) is 0.490. The van der Waals surface area contributed by atoms with Gasteiger partial charge in [-0.3, -0.25) is 18.4 Å². The van der Waals surface area contributed by atoms with Crippen LogP contribution in [0.2, 0.25) is 0 Å². The van der Waals surface area contributed by atoms with Crippen molar-refractivity contribution >= 4 is 60.2 Å². The number of aliphatic hydroxyl groups is 4. The van der Waals surface area contributed by atoms with Crippen molar-refractivity contribution in [2.45, 2.75) is 86.5 Å². The summed E-state index contributed by atoms with van der Waals surface area (Å²) in [6.07, 6.45) is -6.49. The van der Waals surface area contributed by atoms with Gasteiger partial charge in [-0.2, -0.15) is 4.31 Å². The molecule has 24 heteroatoms. The number of carbonyl (C=O) groups excluding carboxylic acids is 1. The first-order chi connectivity index (χ1) is 22.2. The summed E-state index contributed by atoms with van der Waals surface area (Å²) in [5.41, 5.74) is 6.12. The SMILES string of the molecule is Nc1ncnc2c1ncn2[C@@H]1O[C@H](COP(=O)(O)OP(=O)(O)OC[C@H]2OC(O)[C@H](OC(=O)CCCC[C@@H]3CCSS3)[C@@H]2O)[C@@H](O)[C@H]1O. The molecule has 3 saturated heterocycles. The van der Waals surface area contributed by atoms with Gasteiger partial charge in [-0.05, 0) is 19.3 Å². The summed E-state index contributed by atoms with van der Waals surface area (Å²) in [6, 6.07) is 0. The van der Waals surface area contributed by atoms with E-state index in [1.165, 1.54) is 10.9 Å². The Labute approximate surface area is 274 Å². The molecule has 3 aliphatic heterocycles. The van der Waals surface area contributed by atoms with Gasteiger partial charge in [-0.15, -0.1) is 0 Å². The molecule has 0 radical (unpaired) electrons. The molecule has 5 heterocycles. The summed E-state index contributed by atoms with van der Waals surface area (Å²) < 4.78 is 55.5. The maximum absolute atomic E-state index is 12.4. The van der Waals surface area contributed by atoms with E-state index in [4.69, 9.17) is 24.5 Å². The summed E-state index contributed by atoms with van der Waals surface area (Å²) in [7, 11) is -7.08. The normalized spacial score (nSPS) is 33.6. The highest BCUT2D eigenvalue weighted by molar-refractivity contribution is 8.77. The number of phosphoric ester groups is 2. The molecule has 20 nitrogen and oxygen atoms in total. The molecule has 3 fully saturated rings. The minimum Gasteiger partial charge on any atom is -0.454 e. The predicted molar refractivity (Wildman–Crippen MR) is 162 cm³/mol. The Hall–Kier alpha value is -1.46. The van der Waals surface area contributed by atoms with Crippen LogP contribution >= 0.6 is 37.2 Å². The molecule has 8 N–H and O–H groups in total. The number of ether oxygens (including phenoxy) is 3. The van der Waals surface area contributed by atoms with Gasteiger partial charge >= 0.3 is 21.6 Å². The summed E-state index contributed by atoms with van der Waals surface area (Å²) in [5, 5.41) is 42.1. The number of hydrogen-bond donors (Lipinski definition) is 7. The fourth-order valence-corrected chi connectivity index (χ4v) is 10.2. The minimum atomic E-state index is -5.37. The molecule has 0 aliphatic carbocycles. The molecular formula is C23H35N5O15P2S2. The first kappa shape index (κ1) is 36.8. The Kier molecular flexibility index (Phi) is 12.2. The molecule has 3 aliphatic rings. The van der Waals surface area contributed by atoms with Crippen LogP contribution in [-0.2, 0) is 41.5 Å². The van der Waals surface area contributed by atoms with E-state index in [0.717, 1.165) is 31.3 Å². The number of nitrogen functional groups attached to an aromatic ring is 1. The second-order valence-electron chi connectivity index (χ2n) is 10.8. The second-order valence-corrected chi connectivity index (χ2v) is 16.7. The van der Waals surface area contributed by atoms with Crippen LogP contribution < -0.4 is 5.73 Å². The number of hydrogen-bond acceptors (Lipinski definition) is 19. The average molecular weight is 748 g/mol. The van der Waals surface area contributed by atoms with E-state index in [9.17, 15) is 44.1 Å². The number of phosphoric acid groups is 2. The Balaban J connectivity index is 1.06. The van der Waals surface area contributed by atoms with E-state index in [1.807, 2.05) is 21.6 Å². The van der Waals surface area contributed by atoms with E-state index in [-0.39, 0.29) is 23.4 Å². The van der Waals surface area contributed by atoms with Gasteiger partial charge in [0.25, 0.3) is 0 Å². The van der Waals surface area contributed by atoms with Crippen LogP contribution in [-0.4, -0.2) is 123 Å². The predicted octanol–water partition coefficient (Wildman–Crippen LogP) is -0.0177. The third-order valence-electron chi connectivity index (χ3n) is 7.47. The fourth-order valence-electron chi connectivity index (χ4n) is 5.07. The molecular weight excluding hydrogens is 712 g/mol. The van der Waals surface area contributed by atoms with Crippen LogP contribution in [0.15, 0.2) is 12.7 Å². The van der Waals surface area contributed by atoms with Gasteiger partial charge in [-0.25, -0.2) is 24.1 Å². The molecule has 0 aromatic carbocycles. The van der Waals surface area contributed by atoms with Crippen LogP contribution in [0.4, 0.5) is 5.82 Å². The summed E-state index contributed by atoms with van der Waals surface area (Å²) >= 11 is 0. The van der Waals surface area contributed by atoms with Crippen molar-refractivity contribution < 1.29 is 71.7 Å². The number of carbonyl (C=O) groups is 1. The minimum absolute atomic E-state index is 0.0539. The zero-order valence-electron chi connectivity index (χ0n) is 24.4. The molecule has 0 amide bonds. The van der Waals surface area contributed by atoms with E-state index in [0.29, 0.717) is 11.7 Å². The summed E-state index contributed by atoms with van der Waals surface area (Å²) in [6.45, 7) is -1.82. The first-order valence-corrected chi connectivity index (χ1v) is 19.7. The number of nitrogens with two attached hydrogens (primary N) is 1. The second kappa shape index (κ2) is 15.6. The standard InChI is InChI=1S/C23H35N5O15P2S2/c24-20-15-21(26-9-25-20)28(10-27-15)22-18(32)16(30)12(40-22)7-38-44(34,35)43-45(36,37)39-8-13-17(31)19(23(33)41-13)42-14(29)4-2-1-3-11-5-6-46-47-11/h9-13,16-19,22-23,30-33H,1-8H2,(H,34,35)(H,36,37)(H2,24,25,26)/t11-,12-,13-,16-,17-,18-,19-,22-,23?/m1/s1. The van der Waals surface area contributed by atoms with Crippen molar-refractivity contribution in [3.63, 3.8) is 0 Å². The molecule has 2 aromatic rings. The quantitative estimate of drug-likeness (QED) is 0.0545. The van der Waals surface area contributed by atoms with Gasteiger partial charge in [-0.1, -0.05) is 28.0 Å². The van der Waals surface area contributed by atoms with Gasteiger partial charge in [0.05, 0.1) is 19.5 Å². The van der Waals surface area contributed by atoms with Crippen LogP contribution in [0, 0.1) is 0 Å². The highest BCUT2D eigenvalue weighted by Gasteiger charge is 2.48. The lowest BCUT2D eigenvalue weighted by Crippen LogP contribution is -2.38. The Bertz CT molecular complexity index is 1490. The third-order valence-corrected chi connectivity index (χ3v) is 13.1. The van der Waals surface area contributed by atoms with Gasteiger partial charge in [0.2, 0.25) is 0 Å². The molecule has 5 rings (SSSR count). The van der Waals surface area contributed by atoms with Crippen molar-refractivity contribution in [1.29, 1.82) is 0 Å². The molecule has 264 valence electrons. The lowest BCUT2D eigenvalue weighted by Gasteiger charge is -2.21. The van der Waals surface area contributed by atoms with Gasteiger partial charge in [0.1, 0.15) is 42.4 Å². The Morgan fingerprint density at radius 3 is 2.38 bits per heavy atom. The largest absolute Gasteiger partial charge is 0.481 e. The number of anilines is 1. The average Bonchev–Trinajstić information content (AvgIpc) is 3.79. The number of aromatic nitrogens is 4. The van der Waals surface area contributed by atoms with E-state index in [2.05, 4.69) is 23.8 Å². The van der Waals surface area contributed by atoms with Crippen molar-refractivity contribution in [3.8, 4) is 0 Å². The number of rotatable bonds is 15. The smallest absolute Gasteiger partial charge is 0.454 e. The molecule has 47 heavy (non-hydrogen) atoms. The summed E-state index contributed by atoms with van der Waals surface area (Å²) in [4.78, 5) is 44.1. The van der Waals surface area contributed by atoms with Crippen molar-refractivity contribution in [3.05, 3.63) is 12.7 Å². The molecule has 0 bridgehead atoms. The highest BCUT2D eigenvalue weighted by atomic mass is 33.1. The number of aliphatic hydroxyl groups excluding tert-OH is 4. The first-order valence-electron chi connectivity index (χ1n) is 14.3. The number of esters is 1. The highest BCUT2D eigenvalue weighted by Crippen LogP contribution is 2.60. The number of nitrogens with zero attached hydrogens (tertiary/aromatic N) is 4. The third kappa shape index (κ3) is 9.21. The van der Waals surface area contributed by atoms with E-state index >= 15 is 0 Å². The number of unbranched alkanes of at least 4 members (excludes halogenated alkanes) is 1. The van der Waals surface area contributed by atoms with E-state index in [1.54, 1.807) is 0 Å². The zero-order valence-corrected chi connectivity index (χ0v) is 27.9. The lowest BCUT2D eigenvalue weighted by molar-refractivity contribution is -0.173. The van der Waals surface area contributed by atoms with Crippen LogP contribution in [0.1, 0.15) is 38.3 Å². The van der Waals surface area contributed by atoms with Crippen molar-refractivity contribution in [2.75, 3.05) is 24.7 Å². The maximum atomic E-state index is 12.4. The maximum Gasteiger partial charge on any atom is 0.481 e. The molecule has 2 aromatic heterocycles. The molecule has 0 saturated carbocycles. The van der Waals surface area contributed by atoms with Crippen LogP contribution in [0.5, 0.6) is 0 Å². The van der Waals surface area contributed by atoms with Gasteiger partial charge < -0.3 is 50.2 Å². The molecule has 0 spiro atoms. The van der Waals surface area contributed by atoms with E-state index < -0.39 is 84.0 Å². The zero-order chi connectivity index (χ0) is 33.9. The fraction of sp³-hybridized carbons (Fsp3) is 0.739. The Morgan fingerprint density at radius 1 is 1.00 bits per heavy atom. The molecule has 11 atom stereocenters. The monoisotopic (exact) mass is 747 g/mol. The topological polar surface area (TPSA) is 298 Å². The van der Waals surface area contributed by atoms with Crippen LogP contribution in [0.3, 0.4) is 0 Å². The van der Waals surface area contributed by atoms with Gasteiger partial charge in [0, 0.05) is 17.4 Å². The lowest BCUT2D eigenvalue weighted by atomic mass is 10.1. The van der Waals surface area contributed by atoms with Crippen LogP contribution in [0.25, 0.3) is 11.2 Å². The van der Waals surface area contributed by atoms with Crippen molar-refractivity contribution in [2.24, 2.45) is 0 Å². The Morgan fingerprint density at radius 2 is 1.70 bits per heavy atom. The van der Waals surface area contributed by atoms with Gasteiger partial charge in [0.15, 0.2) is 30.1 Å². The number of fused-ring (bicyclic) bond motifs is 1.